The molecule has 0 aliphatic carbocycles. The van der Waals surface area contributed by atoms with Gasteiger partial charge in [-0.05, 0) is 17.7 Å². The lowest BCUT2D eigenvalue weighted by Gasteiger charge is -2.13. The number of aromatic nitrogens is 1. The van der Waals surface area contributed by atoms with Gasteiger partial charge in [-0.2, -0.15) is 0 Å². The monoisotopic (exact) mass is 300 g/mol. The second-order valence-corrected chi connectivity index (χ2v) is 4.80. The number of nitrogens with one attached hydrogen (secondary N) is 1. The van der Waals surface area contributed by atoms with E-state index in [9.17, 15) is 5.11 Å². The highest BCUT2D eigenvalue weighted by molar-refractivity contribution is 7.71. The number of nitrogens with two attached hydrogens (primary N) is 1. The first-order valence-electron chi connectivity index (χ1n) is 6.28. The maximum absolute atomic E-state index is 9.45. The number of aromatic amines is 1. The molecule has 0 aliphatic rings. The molecule has 0 spiro atoms. The number of aromatic hydroxyl groups is 1. The van der Waals surface area contributed by atoms with Crippen LogP contribution in [0.3, 0.4) is 0 Å². The Labute approximate surface area is 127 Å². The Bertz CT molecular complexity index is 760. The number of benzene rings is 1. The van der Waals surface area contributed by atoms with E-state index in [2.05, 4.69) is 15.0 Å². The summed E-state index contributed by atoms with van der Waals surface area (Å²) < 4.78 is 0.509. The molecule has 2 aromatic rings. The lowest BCUT2D eigenvalue weighted by Crippen LogP contribution is -2.05. The fourth-order valence-electron chi connectivity index (χ4n) is 2.10. The van der Waals surface area contributed by atoms with E-state index in [4.69, 9.17) is 18.0 Å². The highest BCUT2D eigenvalue weighted by Gasteiger charge is 2.14. The zero-order valence-electron chi connectivity index (χ0n) is 11.8. The molecule has 5 nitrogen and oxygen atoms in total. The molecule has 0 saturated heterocycles. The number of phenols is 1. The van der Waals surface area contributed by atoms with Crippen molar-refractivity contribution < 1.29 is 5.11 Å². The molecular formula is C15H16N4OS. The molecule has 0 aliphatic heterocycles. The molecular weight excluding hydrogens is 284 g/mol. The van der Waals surface area contributed by atoms with E-state index in [0.29, 0.717) is 10.5 Å². The quantitative estimate of drug-likeness (QED) is 0.601. The number of nitrogens with zero attached hydrogens (tertiary/aromatic N) is 2. The van der Waals surface area contributed by atoms with Gasteiger partial charge in [-0.3, -0.25) is 9.98 Å². The minimum atomic E-state index is 0.198. The van der Waals surface area contributed by atoms with Crippen molar-refractivity contribution in [1.29, 1.82) is 0 Å². The van der Waals surface area contributed by atoms with Crippen LogP contribution in [0.4, 0.5) is 5.82 Å². The molecule has 1 aromatic heterocycles. The molecule has 0 bridgehead atoms. The number of rotatable bonds is 3. The Morgan fingerprint density at radius 1 is 1.10 bits per heavy atom. The zero-order valence-corrected chi connectivity index (χ0v) is 12.6. The van der Waals surface area contributed by atoms with E-state index in [1.807, 2.05) is 0 Å². The number of phenolic OH excluding ortho intramolecular Hbond substituents is 1. The highest BCUT2D eigenvalue weighted by atomic mass is 32.1. The minimum Gasteiger partial charge on any atom is -0.508 e. The average Bonchev–Trinajstić information content (AvgIpc) is 2.46. The summed E-state index contributed by atoms with van der Waals surface area (Å²) in [4.78, 5) is 11.1. The van der Waals surface area contributed by atoms with Crippen LogP contribution in [0.1, 0.15) is 11.1 Å². The number of anilines is 1. The highest BCUT2D eigenvalue weighted by Crippen LogP contribution is 2.30. The van der Waals surface area contributed by atoms with Gasteiger partial charge in [0.2, 0.25) is 0 Å². The van der Waals surface area contributed by atoms with Crippen LogP contribution in [0.25, 0.3) is 11.1 Å². The molecule has 0 fully saturated rings. The van der Waals surface area contributed by atoms with Crippen LogP contribution in [0.5, 0.6) is 5.75 Å². The normalized spacial score (nSPS) is 11.5. The Morgan fingerprint density at radius 2 is 1.67 bits per heavy atom. The third kappa shape index (κ3) is 3.00. The van der Waals surface area contributed by atoms with Gasteiger partial charge in [-0.15, -0.1) is 0 Å². The smallest absolute Gasteiger partial charge is 0.115 e. The third-order valence-corrected chi connectivity index (χ3v) is 3.32. The van der Waals surface area contributed by atoms with Crippen molar-refractivity contribution in [3.05, 3.63) is 40.0 Å². The first-order valence-corrected chi connectivity index (χ1v) is 6.68. The van der Waals surface area contributed by atoms with Gasteiger partial charge in [0, 0.05) is 43.2 Å². The van der Waals surface area contributed by atoms with Crippen molar-refractivity contribution in [2.75, 3.05) is 19.8 Å². The van der Waals surface area contributed by atoms with Crippen molar-refractivity contribution >= 4 is 30.5 Å². The molecule has 1 aromatic carbocycles. The van der Waals surface area contributed by atoms with Crippen LogP contribution in [0, 0.1) is 4.64 Å². The van der Waals surface area contributed by atoms with E-state index < -0.39 is 0 Å². The second-order valence-electron chi connectivity index (χ2n) is 4.39. The Morgan fingerprint density at radius 3 is 2.24 bits per heavy atom. The predicted molar refractivity (Wildman–Crippen MR) is 90.2 cm³/mol. The van der Waals surface area contributed by atoms with Gasteiger partial charge in [0.05, 0.1) is 0 Å². The van der Waals surface area contributed by atoms with Gasteiger partial charge < -0.3 is 15.8 Å². The van der Waals surface area contributed by atoms with E-state index >= 15 is 0 Å². The molecule has 6 heteroatoms. The van der Waals surface area contributed by atoms with Crippen LogP contribution in [0.15, 0.2) is 34.3 Å². The number of pyridine rings is 1. The Hall–Kier alpha value is -2.47. The molecule has 0 unspecified atom stereocenters. The minimum absolute atomic E-state index is 0.198. The van der Waals surface area contributed by atoms with Gasteiger partial charge in [0.1, 0.15) is 16.2 Å². The average molecular weight is 300 g/mol. The second kappa shape index (κ2) is 6.32. The maximum Gasteiger partial charge on any atom is 0.115 e. The first kappa shape index (κ1) is 14.9. The van der Waals surface area contributed by atoms with E-state index in [-0.39, 0.29) is 5.75 Å². The Kier molecular flexibility index (Phi) is 4.49. The molecule has 108 valence electrons. The van der Waals surface area contributed by atoms with Crippen molar-refractivity contribution in [3.8, 4) is 16.9 Å². The van der Waals surface area contributed by atoms with E-state index in [0.717, 1.165) is 22.3 Å². The number of H-pyrrole nitrogens is 1. The lowest BCUT2D eigenvalue weighted by atomic mass is 9.96. The third-order valence-electron chi connectivity index (χ3n) is 2.99. The molecule has 0 saturated carbocycles. The predicted octanol–water partition coefficient (Wildman–Crippen LogP) is 2.80. The maximum atomic E-state index is 9.45. The summed E-state index contributed by atoms with van der Waals surface area (Å²) in [5.74, 6) is 0.645. The number of hydrogen-bond donors (Lipinski definition) is 3. The van der Waals surface area contributed by atoms with Gasteiger partial charge >= 0.3 is 0 Å². The van der Waals surface area contributed by atoms with Crippen molar-refractivity contribution in [3.63, 3.8) is 0 Å². The van der Waals surface area contributed by atoms with Crippen molar-refractivity contribution in [1.82, 2.24) is 4.98 Å². The van der Waals surface area contributed by atoms with Crippen LogP contribution in [-0.2, 0) is 0 Å². The fourth-order valence-corrected chi connectivity index (χ4v) is 2.37. The summed E-state index contributed by atoms with van der Waals surface area (Å²) in [6, 6.07) is 6.84. The number of aliphatic imine (C=N–C) groups is 2. The first-order chi connectivity index (χ1) is 10.1. The molecule has 21 heavy (non-hydrogen) atoms. The van der Waals surface area contributed by atoms with Gasteiger partial charge in [0.25, 0.3) is 0 Å². The molecule has 0 radical (unpaired) electrons. The SMILES string of the molecule is CN=Cc1c(N)[nH]c(=S)c(C=NC)c1-c1ccc(O)cc1. The number of hydrogen-bond acceptors (Lipinski definition) is 5. The van der Waals surface area contributed by atoms with Crippen LogP contribution < -0.4 is 5.73 Å². The molecule has 0 atom stereocenters. The van der Waals surface area contributed by atoms with E-state index in [1.165, 1.54) is 0 Å². The van der Waals surface area contributed by atoms with Gasteiger partial charge in [0.15, 0.2) is 0 Å². The topological polar surface area (TPSA) is 86.8 Å². The van der Waals surface area contributed by atoms with Crippen LogP contribution >= 0.6 is 12.2 Å². The summed E-state index contributed by atoms with van der Waals surface area (Å²) in [7, 11) is 3.36. The van der Waals surface area contributed by atoms with E-state index in [1.54, 1.807) is 50.8 Å². The lowest BCUT2D eigenvalue weighted by molar-refractivity contribution is 0.475. The summed E-state index contributed by atoms with van der Waals surface area (Å²) in [6.45, 7) is 0. The molecule has 1 heterocycles. The molecule has 0 amide bonds. The zero-order chi connectivity index (χ0) is 15.4. The van der Waals surface area contributed by atoms with Gasteiger partial charge in [-0.1, -0.05) is 24.4 Å². The molecule has 2 rings (SSSR count). The van der Waals surface area contributed by atoms with Crippen LogP contribution in [-0.4, -0.2) is 36.6 Å². The van der Waals surface area contributed by atoms with Crippen molar-refractivity contribution in [2.45, 2.75) is 0 Å². The summed E-state index contributed by atoms with van der Waals surface area (Å²) in [5, 5.41) is 9.45. The fraction of sp³-hybridized carbons (Fsp3) is 0.133. The van der Waals surface area contributed by atoms with Crippen molar-refractivity contribution in [2.24, 2.45) is 9.98 Å². The Balaban J connectivity index is 2.87. The number of nitrogen functional groups attached to an aromatic ring is 1. The summed E-state index contributed by atoms with van der Waals surface area (Å²) >= 11 is 5.34. The largest absolute Gasteiger partial charge is 0.508 e. The van der Waals surface area contributed by atoms with Gasteiger partial charge in [-0.25, -0.2) is 0 Å². The van der Waals surface area contributed by atoms with Crippen LogP contribution in [0.2, 0.25) is 0 Å². The standard InChI is InChI=1S/C15H16N4OS/c1-17-7-11-13(9-3-5-10(20)6-4-9)12(8-18-2)15(21)19-14(11)16/h3-8,20H,1-2H3,(H3,16,19,21). The summed E-state index contributed by atoms with van der Waals surface area (Å²) in [5.41, 5.74) is 9.26. The molecule has 4 N–H and O–H groups in total. The summed E-state index contributed by atoms with van der Waals surface area (Å²) in [6.07, 6.45) is 3.36.